The lowest BCUT2D eigenvalue weighted by Crippen LogP contribution is -2.45. The van der Waals surface area contributed by atoms with Gasteiger partial charge in [0, 0.05) is 6.42 Å². The van der Waals surface area contributed by atoms with Gasteiger partial charge in [-0.1, -0.05) is 276 Å². The number of amides is 1. The maximum atomic E-state index is 12.4. The van der Waals surface area contributed by atoms with E-state index in [-0.39, 0.29) is 12.5 Å². The second-order valence-corrected chi connectivity index (χ2v) is 17.6. The number of hydrogen-bond acceptors (Lipinski definition) is 3. The topological polar surface area (TPSA) is 69.6 Å². The fourth-order valence-corrected chi connectivity index (χ4v) is 8.12. The Balaban J connectivity index is 3.40. The van der Waals surface area contributed by atoms with E-state index in [2.05, 4.69) is 19.2 Å². The van der Waals surface area contributed by atoms with Gasteiger partial charge in [-0.05, 0) is 19.3 Å². The third-order valence-corrected chi connectivity index (χ3v) is 12.0. The van der Waals surface area contributed by atoms with Crippen molar-refractivity contribution in [1.29, 1.82) is 0 Å². The molecule has 2 atom stereocenters. The third-order valence-electron chi connectivity index (χ3n) is 12.0. The predicted molar refractivity (Wildman–Crippen MR) is 244 cm³/mol. The van der Waals surface area contributed by atoms with Crippen LogP contribution in [0.3, 0.4) is 0 Å². The SMILES string of the molecule is CCCCCCCCCCCCC/C=C/[C@@H](O)[C@H](CO)NC(=O)CCCCCCCCCCCCCCCCCCCCCCCCCCCCCCCC. The summed E-state index contributed by atoms with van der Waals surface area (Å²) >= 11 is 0. The second-order valence-electron chi connectivity index (χ2n) is 17.6. The Morgan fingerprint density at radius 1 is 0.418 bits per heavy atom. The van der Waals surface area contributed by atoms with Crippen molar-refractivity contribution >= 4 is 5.91 Å². The van der Waals surface area contributed by atoms with Crippen LogP contribution in [0.1, 0.15) is 290 Å². The highest BCUT2D eigenvalue weighted by atomic mass is 16.3. The highest BCUT2D eigenvalue weighted by Gasteiger charge is 2.18. The van der Waals surface area contributed by atoms with Gasteiger partial charge in [-0.25, -0.2) is 0 Å². The van der Waals surface area contributed by atoms with Crippen LogP contribution < -0.4 is 5.32 Å². The lowest BCUT2D eigenvalue weighted by atomic mass is 10.0. The number of aliphatic hydroxyl groups excluding tert-OH is 2. The first-order valence-corrected chi connectivity index (χ1v) is 25.4. The van der Waals surface area contributed by atoms with Gasteiger partial charge in [0.15, 0.2) is 0 Å². The molecule has 0 spiro atoms. The minimum Gasteiger partial charge on any atom is -0.394 e. The molecule has 1 amide bonds. The zero-order valence-corrected chi connectivity index (χ0v) is 37.7. The summed E-state index contributed by atoms with van der Waals surface area (Å²) in [5.74, 6) is -0.0583. The number of rotatable bonds is 47. The van der Waals surface area contributed by atoms with Crippen LogP contribution in [0.2, 0.25) is 0 Å². The maximum absolute atomic E-state index is 12.4. The van der Waals surface area contributed by atoms with Crippen molar-refractivity contribution in [2.75, 3.05) is 6.61 Å². The van der Waals surface area contributed by atoms with Gasteiger partial charge in [-0.3, -0.25) is 4.79 Å². The summed E-state index contributed by atoms with van der Waals surface area (Å²) in [5.41, 5.74) is 0. The Kier molecular flexibility index (Phi) is 46.8. The normalized spacial score (nSPS) is 12.9. The molecule has 0 aliphatic carbocycles. The summed E-state index contributed by atoms with van der Waals surface area (Å²) in [7, 11) is 0. The number of allylic oxidation sites excluding steroid dienone is 1. The molecule has 0 aliphatic rings. The van der Waals surface area contributed by atoms with Gasteiger partial charge in [-0.15, -0.1) is 0 Å². The predicted octanol–water partition coefficient (Wildman–Crippen LogP) is 16.2. The number of hydrogen-bond donors (Lipinski definition) is 3. The molecule has 328 valence electrons. The highest BCUT2D eigenvalue weighted by molar-refractivity contribution is 5.76. The molecule has 0 rings (SSSR count). The summed E-state index contributed by atoms with van der Waals surface area (Å²) < 4.78 is 0. The highest BCUT2D eigenvalue weighted by Crippen LogP contribution is 2.17. The lowest BCUT2D eigenvalue weighted by molar-refractivity contribution is -0.123. The number of carbonyl (C=O) groups excluding carboxylic acids is 1. The Labute approximate surface area is 346 Å². The molecule has 0 aromatic rings. The van der Waals surface area contributed by atoms with Gasteiger partial charge in [0.2, 0.25) is 5.91 Å². The van der Waals surface area contributed by atoms with Crippen LogP contribution in [0.15, 0.2) is 12.2 Å². The van der Waals surface area contributed by atoms with E-state index < -0.39 is 12.1 Å². The second kappa shape index (κ2) is 47.5. The summed E-state index contributed by atoms with van der Waals surface area (Å²) in [6.45, 7) is 4.33. The monoisotopic (exact) mass is 776 g/mol. The Bertz CT molecular complexity index is 754. The van der Waals surface area contributed by atoms with Crippen molar-refractivity contribution in [1.82, 2.24) is 5.32 Å². The molecule has 0 heterocycles. The summed E-state index contributed by atoms with van der Waals surface area (Å²) in [4.78, 5) is 12.4. The number of carbonyl (C=O) groups is 1. The van der Waals surface area contributed by atoms with Crippen LogP contribution in [-0.2, 0) is 4.79 Å². The Morgan fingerprint density at radius 3 is 0.945 bits per heavy atom. The average molecular weight is 776 g/mol. The molecule has 0 aromatic carbocycles. The van der Waals surface area contributed by atoms with Gasteiger partial charge in [-0.2, -0.15) is 0 Å². The van der Waals surface area contributed by atoms with E-state index in [0.717, 1.165) is 25.7 Å². The number of unbranched alkanes of at least 4 members (excludes halogenated alkanes) is 40. The molecule has 0 bridgehead atoms. The van der Waals surface area contributed by atoms with Crippen molar-refractivity contribution in [3.8, 4) is 0 Å². The summed E-state index contributed by atoms with van der Waals surface area (Å²) in [6.07, 6.45) is 60.7. The van der Waals surface area contributed by atoms with Gasteiger partial charge >= 0.3 is 0 Å². The lowest BCUT2D eigenvalue weighted by Gasteiger charge is -2.20. The quantitative estimate of drug-likeness (QED) is 0.0426. The van der Waals surface area contributed by atoms with Gasteiger partial charge in [0.25, 0.3) is 0 Å². The minimum absolute atomic E-state index is 0.0583. The molecule has 0 unspecified atom stereocenters. The fourth-order valence-electron chi connectivity index (χ4n) is 8.12. The standard InChI is InChI=1S/C51H101NO3/c1-3-5-7-9-11-13-15-17-18-19-20-21-22-23-24-25-26-27-28-29-30-31-32-33-35-37-39-41-43-45-47-51(55)52-49(48-53)50(54)46-44-42-40-38-36-34-16-14-12-10-8-6-4-2/h44,46,49-50,53-54H,3-43,45,47-48H2,1-2H3,(H,52,55)/b46-44+/t49-,50+/m0/s1. The van der Waals surface area contributed by atoms with Crippen LogP contribution in [-0.4, -0.2) is 34.9 Å². The molecule has 0 aliphatic heterocycles. The van der Waals surface area contributed by atoms with Crippen molar-refractivity contribution in [3.05, 3.63) is 12.2 Å². The van der Waals surface area contributed by atoms with E-state index >= 15 is 0 Å². The maximum Gasteiger partial charge on any atom is 0.220 e. The first-order chi connectivity index (χ1) is 27.2. The Hall–Kier alpha value is -0.870. The van der Waals surface area contributed by atoms with Gasteiger partial charge in [0.05, 0.1) is 18.8 Å². The molecule has 0 radical (unpaired) electrons. The van der Waals surface area contributed by atoms with Crippen molar-refractivity contribution in [2.24, 2.45) is 0 Å². The molecule has 0 saturated heterocycles. The summed E-state index contributed by atoms with van der Waals surface area (Å²) in [6, 6.07) is -0.616. The van der Waals surface area contributed by atoms with Crippen molar-refractivity contribution in [3.63, 3.8) is 0 Å². The van der Waals surface area contributed by atoms with Crippen molar-refractivity contribution < 1.29 is 15.0 Å². The first-order valence-electron chi connectivity index (χ1n) is 25.4. The molecule has 4 nitrogen and oxygen atoms in total. The van der Waals surface area contributed by atoms with Gasteiger partial charge < -0.3 is 15.5 Å². The zero-order chi connectivity index (χ0) is 40.0. The van der Waals surface area contributed by atoms with Gasteiger partial charge in [0.1, 0.15) is 0 Å². The van der Waals surface area contributed by atoms with E-state index in [9.17, 15) is 15.0 Å². The summed E-state index contributed by atoms with van der Waals surface area (Å²) in [5, 5.41) is 23.0. The van der Waals surface area contributed by atoms with Crippen molar-refractivity contribution in [2.45, 2.75) is 302 Å². The molecule has 55 heavy (non-hydrogen) atoms. The number of aliphatic hydroxyl groups is 2. The number of nitrogens with one attached hydrogen (secondary N) is 1. The van der Waals surface area contributed by atoms with Crippen LogP contribution >= 0.6 is 0 Å². The molecular formula is C51H101NO3. The fraction of sp³-hybridized carbons (Fsp3) is 0.941. The first kappa shape index (κ1) is 54.1. The molecular weight excluding hydrogens is 675 g/mol. The van der Waals surface area contributed by atoms with E-state index in [1.165, 1.54) is 244 Å². The smallest absolute Gasteiger partial charge is 0.220 e. The third kappa shape index (κ3) is 44.1. The molecule has 0 saturated carbocycles. The molecule has 4 heteroatoms. The molecule has 3 N–H and O–H groups in total. The molecule has 0 fully saturated rings. The van der Waals surface area contributed by atoms with E-state index in [1.54, 1.807) is 6.08 Å². The van der Waals surface area contributed by atoms with E-state index in [4.69, 9.17) is 0 Å². The van der Waals surface area contributed by atoms with E-state index in [0.29, 0.717) is 6.42 Å². The molecule has 0 aromatic heterocycles. The van der Waals surface area contributed by atoms with Crippen LogP contribution in [0, 0.1) is 0 Å². The minimum atomic E-state index is -0.833. The van der Waals surface area contributed by atoms with Crippen LogP contribution in [0.25, 0.3) is 0 Å². The zero-order valence-electron chi connectivity index (χ0n) is 37.7. The van der Waals surface area contributed by atoms with Crippen LogP contribution in [0.4, 0.5) is 0 Å². The Morgan fingerprint density at radius 2 is 0.673 bits per heavy atom. The average Bonchev–Trinajstić information content (AvgIpc) is 3.19. The van der Waals surface area contributed by atoms with Crippen LogP contribution in [0.5, 0.6) is 0 Å². The van der Waals surface area contributed by atoms with E-state index in [1.807, 2.05) is 6.08 Å². The largest absolute Gasteiger partial charge is 0.394 e.